The predicted molar refractivity (Wildman–Crippen MR) is 70.5 cm³/mol. The van der Waals surface area contributed by atoms with E-state index in [1.54, 1.807) is 24.4 Å². The molecule has 0 saturated carbocycles. The molecule has 110 valence electrons. The summed E-state index contributed by atoms with van der Waals surface area (Å²) < 4.78 is 31.3. The fraction of sp³-hybridized carbons (Fsp3) is 0.214. The number of rotatable bonds is 5. The Hall–Kier alpha value is -2.41. The second-order valence-corrected chi connectivity index (χ2v) is 4.22. The van der Waals surface area contributed by atoms with E-state index in [1.165, 1.54) is 7.11 Å². The molecule has 0 radical (unpaired) electrons. The van der Waals surface area contributed by atoms with Gasteiger partial charge in [0.1, 0.15) is 5.82 Å². The van der Waals surface area contributed by atoms with Gasteiger partial charge in [-0.15, -0.1) is 0 Å². The minimum absolute atomic E-state index is 0.158. The van der Waals surface area contributed by atoms with Gasteiger partial charge in [0, 0.05) is 19.4 Å². The van der Waals surface area contributed by atoms with Crippen LogP contribution in [0.3, 0.4) is 0 Å². The Labute approximate surface area is 120 Å². The van der Waals surface area contributed by atoms with Crippen LogP contribution in [0.4, 0.5) is 8.78 Å². The summed E-state index contributed by atoms with van der Waals surface area (Å²) in [5.74, 6) is -2.63. The average molecular weight is 293 g/mol. The Balaban J connectivity index is 2.18. The van der Waals surface area contributed by atoms with Crippen molar-refractivity contribution in [1.82, 2.24) is 15.3 Å². The van der Waals surface area contributed by atoms with Crippen molar-refractivity contribution >= 4 is 5.91 Å². The number of nitrogens with one attached hydrogen (secondary N) is 1. The highest BCUT2D eigenvalue weighted by molar-refractivity contribution is 5.92. The van der Waals surface area contributed by atoms with Gasteiger partial charge in [-0.05, 0) is 12.1 Å². The van der Waals surface area contributed by atoms with Crippen LogP contribution >= 0.6 is 0 Å². The molecule has 7 heteroatoms. The van der Waals surface area contributed by atoms with E-state index in [0.717, 1.165) is 6.20 Å². The van der Waals surface area contributed by atoms with Gasteiger partial charge in [0.25, 0.3) is 5.91 Å². The van der Waals surface area contributed by atoms with Gasteiger partial charge in [-0.2, -0.15) is 0 Å². The van der Waals surface area contributed by atoms with Crippen LogP contribution in [0.15, 0.2) is 36.7 Å². The highest BCUT2D eigenvalue weighted by Gasteiger charge is 2.20. The highest BCUT2D eigenvalue weighted by Crippen LogP contribution is 2.12. The minimum atomic E-state index is -1.02. The molecule has 5 nitrogen and oxygen atoms in total. The van der Waals surface area contributed by atoms with Crippen molar-refractivity contribution in [2.24, 2.45) is 0 Å². The first-order valence-corrected chi connectivity index (χ1v) is 6.13. The molecule has 2 aromatic rings. The first kappa shape index (κ1) is 15.0. The molecule has 2 aromatic heterocycles. The van der Waals surface area contributed by atoms with Crippen molar-refractivity contribution in [3.63, 3.8) is 0 Å². The van der Waals surface area contributed by atoms with Gasteiger partial charge in [0.15, 0.2) is 11.5 Å². The summed E-state index contributed by atoms with van der Waals surface area (Å²) in [5.41, 5.74) is 0.0867. The van der Waals surface area contributed by atoms with E-state index >= 15 is 0 Å². The molecule has 0 spiro atoms. The molecule has 0 aromatic carbocycles. The molecule has 2 heterocycles. The zero-order valence-corrected chi connectivity index (χ0v) is 11.2. The lowest BCUT2D eigenvalue weighted by Crippen LogP contribution is -2.33. The Morgan fingerprint density at radius 2 is 2.19 bits per heavy atom. The summed E-state index contributed by atoms with van der Waals surface area (Å²) in [6, 6.07) is 5.24. The molecule has 0 aliphatic carbocycles. The lowest BCUT2D eigenvalue weighted by molar-refractivity contribution is 0.0884. The number of halogens is 2. The van der Waals surface area contributed by atoms with E-state index in [-0.39, 0.29) is 6.61 Å². The quantitative estimate of drug-likeness (QED) is 0.914. The Morgan fingerprint density at radius 3 is 2.81 bits per heavy atom. The Morgan fingerprint density at radius 1 is 1.38 bits per heavy atom. The van der Waals surface area contributed by atoms with Crippen LogP contribution in [-0.2, 0) is 4.74 Å². The predicted octanol–water partition coefficient (Wildman–Crippen LogP) is 1.87. The van der Waals surface area contributed by atoms with E-state index in [4.69, 9.17) is 4.74 Å². The number of aromatic nitrogens is 2. The van der Waals surface area contributed by atoms with E-state index < -0.39 is 29.3 Å². The third-order valence-corrected chi connectivity index (χ3v) is 2.71. The highest BCUT2D eigenvalue weighted by atomic mass is 19.1. The number of ether oxygens (including phenoxy) is 1. The summed E-state index contributed by atoms with van der Waals surface area (Å²) in [4.78, 5) is 19.6. The number of carbonyl (C=O) groups is 1. The third-order valence-electron chi connectivity index (χ3n) is 2.71. The van der Waals surface area contributed by atoms with Gasteiger partial charge in [0.05, 0.1) is 24.5 Å². The first-order chi connectivity index (χ1) is 10.1. The Kier molecular flexibility index (Phi) is 4.89. The van der Waals surface area contributed by atoms with Crippen LogP contribution in [0.25, 0.3) is 0 Å². The average Bonchev–Trinajstić information content (AvgIpc) is 2.47. The molecule has 0 fully saturated rings. The monoisotopic (exact) mass is 293 g/mol. The van der Waals surface area contributed by atoms with Crippen molar-refractivity contribution in [3.05, 3.63) is 59.7 Å². The maximum atomic E-state index is 13.5. The van der Waals surface area contributed by atoms with Crippen LogP contribution in [0, 0.1) is 11.6 Å². The van der Waals surface area contributed by atoms with Gasteiger partial charge < -0.3 is 10.1 Å². The maximum absolute atomic E-state index is 13.5. The number of methoxy groups -OCH3 is 1. The van der Waals surface area contributed by atoms with Crippen molar-refractivity contribution < 1.29 is 18.3 Å². The van der Waals surface area contributed by atoms with E-state index in [1.807, 2.05) is 0 Å². The SMILES string of the molecule is COC[C@H](NC(=O)c1ncc(F)cc1F)c1ccccn1. The summed E-state index contributed by atoms with van der Waals surface area (Å²) in [6.45, 7) is 0.158. The lowest BCUT2D eigenvalue weighted by atomic mass is 10.2. The van der Waals surface area contributed by atoms with Crippen LogP contribution in [0.1, 0.15) is 22.2 Å². The molecular formula is C14H13F2N3O2. The van der Waals surface area contributed by atoms with Crippen LogP contribution in [0.2, 0.25) is 0 Å². The molecular weight excluding hydrogens is 280 g/mol. The molecule has 0 aliphatic heterocycles. The first-order valence-electron chi connectivity index (χ1n) is 6.13. The third kappa shape index (κ3) is 3.79. The minimum Gasteiger partial charge on any atom is -0.382 e. The largest absolute Gasteiger partial charge is 0.382 e. The molecule has 0 saturated heterocycles. The molecule has 1 N–H and O–H groups in total. The molecule has 21 heavy (non-hydrogen) atoms. The van der Waals surface area contributed by atoms with Gasteiger partial charge in [0.2, 0.25) is 0 Å². The number of nitrogens with zero attached hydrogens (tertiary/aromatic N) is 2. The van der Waals surface area contributed by atoms with Crippen molar-refractivity contribution in [3.8, 4) is 0 Å². The van der Waals surface area contributed by atoms with Gasteiger partial charge in [-0.1, -0.05) is 6.07 Å². The molecule has 0 bridgehead atoms. The summed E-state index contributed by atoms with van der Waals surface area (Å²) in [7, 11) is 1.47. The van der Waals surface area contributed by atoms with Crippen molar-refractivity contribution in [2.45, 2.75) is 6.04 Å². The van der Waals surface area contributed by atoms with E-state index in [2.05, 4.69) is 15.3 Å². The fourth-order valence-electron chi connectivity index (χ4n) is 1.76. The number of hydrogen-bond donors (Lipinski definition) is 1. The second-order valence-electron chi connectivity index (χ2n) is 4.22. The molecule has 2 rings (SSSR count). The summed E-state index contributed by atoms with van der Waals surface area (Å²) >= 11 is 0. The van der Waals surface area contributed by atoms with Crippen molar-refractivity contribution in [1.29, 1.82) is 0 Å². The topological polar surface area (TPSA) is 64.1 Å². The fourth-order valence-corrected chi connectivity index (χ4v) is 1.76. The van der Waals surface area contributed by atoms with E-state index in [9.17, 15) is 13.6 Å². The standard InChI is InChI=1S/C14H13F2N3O2/c1-21-8-12(11-4-2-3-5-17-11)19-14(20)13-10(16)6-9(15)7-18-13/h2-7,12H,8H2,1H3,(H,19,20)/t12-/m0/s1. The van der Waals surface area contributed by atoms with E-state index in [0.29, 0.717) is 11.8 Å². The lowest BCUT2D eigenvalue weighted by Gasteiger charge is -2.17. The smallest absolute Gasteiger partial charge is 0.273 e. The second kappa shape index (κ2) is 6.85. The number of carbonyl (C=O) groups excluding carboxylic acids is 1. The van der Waals surface area contributed by atoms with Gasteiger partial charge >= 0.3 is 0 Å². The molecule has 0 aliphatic rings. The number of pyridine rings is 2. The van der Waals surface area contributed by atoms with Gasteiger partial charge in [-0.25, -0.2) is 13.8 Å². The molecule has 1 atom stereocenters. The summed E-state index contributed by atoms with van der Waals surface area (Å²) in [5, 5.41) is 2.56. The van der Waals surface area contributed by atoms with Gasteiger partial charge in [-0.3, -0.25) is 9.78 Å². The normalized spacial score (nSPS) is 12.0. The van der Waals surface area contributed by atoms with Crippen LogP contribution < -0.4 is 5.32 Å². The maximum Gasteiger partial charge on any atom is 0.273 e. The van der Waals surface area contributed by atoms with Crippen molar-refractivity contribution in [2.75, 3.05) is 13.7 Å². The summed E-state index contributed by atoms with van der Waals surface area (Å²) in [6.07, 6.45) is 2.35. The molecule has 1 amide bonds. The number of amides is 1. The Bertz CT molecular complexity index is 623. The molecule has 0 unspecified atom stereocenters. The van der Waals surface area contributed by atoms with Crippen LogP contribution in [0.5, 0.6) is 0 Å². The van der Waals surface area contributed by atoms with Crippen LogP contribution in [-0.4, -0.2) is 29.6 Å². The zero-order chi connectivity index (χ0) is 15.2. The zero-order valence-electron chi connectivity index (χ0n) is 11.2. The number of hydrogen-bond acceptors (Lipinski definition) is 4.